The molecule has 0 fully saturated rings. The van der Waals surface area contributed by atoms with Crippen molar-refractivity contribution >= 4 is 45.3 Å². The van der Waals surface area contributed by atoms with Crippen molar-refractivity contribution in [1.29, 1.82) is 0 Å². The standard InChI is InChI=1S/C16H11Cl2N/c17-14-10-15(18)16(13-9-5-4-8-12(13)14)19-11-6-2-1-3-7-11/h1-10,19H. The second-order valence-corrected chi connectivity index (χ2v) is 5.07. The van der Waals surface area contributed by atoms with Crippen LogP contribution in [0.1, 0.15) is 0 Å². The molecule has 0 atom stereocenters. The number of anilines is 2. The third-order valence-corrected chi connectivity index (χ3v) is 3.60. The van der Waals surface area contributed by atoms with Crippen LogP contribution in [-0.4, -0.2) is 0 Å². The van der Waals surface area contributed by atoms with Gasteiger partial charge in [-0.1, -0.05) is 65.7 Å². The molecule has 0 spiro atoms. The third-order valence-electron chi connectivity index (χ3n) is 2.99. The van der Waals surface area contributed by atoms with E-state index in [1.807, 2.05) is 54.6 Å². The van der Waals surface area contributed by atoms with Gasteiger partial charge in [0, 0.05) is 16.5 Å². The lowest BCUT2D eigenvalue weighted by molar-refractivity contribution is 1.58. The number of hydrogen-bond donors (Lipinski definition) is 1. The molecule has 0 aliphatic heterocycles. The number of rotatable bonds is 2. The highest BCUT2D eigenvalue weighted by Crippen LogP contribution is 2.37. The molecule has 94 valence electrons. The van der Waals surface area contributed by atoms with Crippen molar-refractivity contribution in [2.75, 3.05) is 5.32 Å². The highest BCUT2D eigenvalue weighted by molar-refractivity contribution is 6.41. The first-order valence-electron chi connectivity index (χ1n) is 5.94. The Morgan fingerprint density at radius 1 is 0.684 bits per heavy atom. The Bertz CT molecular complexity index is 723. The maximum atomic E-state index is 6.31. The van der Waals surface area contributed by atoms with E-state index in [1.165, 1.54) is 0 Å². The predicted molar refractivity (Wildman–Crippen MR) is 83.7 cm³/mol. The van der Waals surface area contributed by atoms with E-state index in [1.54, 1.807) is 6.07 Å². The molecule has 0 amide bonds. The van der Waals surface area contributed by atoms with Crippen LogP contribution in [0.25, 0.3) is 10.8 Å². The molecule has 0 aromatic heterocycles. The Morgan fingerprint density at radius 3 is 2.05 bits per heavy atom. The minimum absolute atomic E-state index is 0.618. The monoisotopic (exact) mass is 287 g/mol. The molecule has 3 heteroatoms. The fourth-order valence-electron chi connectivity index (χ4n) is 2.09. The third kappa shape index (κ3) is 2.40. The van der Waals surface area contributed by atoms with Crippen LogP contribution >= 0.6 is 23.2 Å². The fourth-order valence-corrected chi connectivity index (χ4v) is 2.68. The SMILES string of the molecule is Clc1cc(Cl)c2ccccc2c1Nc1ccccc1. The van der Waals surface area contributed by atoms with E-state index >= 15 is 0 Å². The largest absolute Gasteiger partial charge is 0.354 e. The van der Waals surface area contributed by atoms with E-state index in [9.17, 15) is 0 Å². The molecule has 3 aromatic carbocycles. The number of halogens is 2. The molecule has 0 radical (unpaired) electrons. The normalized spacial score (nSPS) is 10.6. The zero-order valence-electron chi connectivity index (χ0n) is 10.0. The first-order valence-corrected chi connectivity index (χ1v) is 6.70. The topological polar surface area (TPSA) is 12.0 Å². The van der Waals surface area contributed by atoms with Crippen LogP contribution < -0.4 is 5.32 Å². The van der Waals surface area contributed by atoms with Crippen LogP contribution in [0.15, 0.2) is 60.7 Å². The maximum Gasteiger partial charge on any atom is 0.0662 e. The highest BCUT2D eigenvalue weighted by Gasteiger charge is 2.09. The van der Waals surface area contributed by atoms with E-state index in [4.69, 9.17) is 23.2 Å². The Balaban J connectivity index is 2.18. The van der Waals surface area contributed by atoms with Gasteiger partial charge in [-0.3, -0.25) is 0 Å². The molecule has 0 heterocycles. The molecule has 0 unspecified atom stereocenters. The van der Waals surface area contributed by atoms with Gasteiger partial charge in [-0.15, -0.1) is 0 Å². The zero-order chi connectivity index (χ0) is 13.2. The molecule has 1 N–H and O–H groups in total. The lowest BCUT2D eigenvalue weighted by Crippen LogP contribution is -1.92. The molecule has 0 saturated heterocycles. The van der Waals surface area contributed by atoms with Crippen LogP contribution in [0.3, 0.4) is 0 Å². The molecule has 0 aliphatic rings. The van der Waals surface area contributed by atoms with Gasteiger partial charge in [0.2, 0.25) is 0 Å². The zero-order valence-corrected chi connectivity index (χ0v) is 11.5. The summed E-state index contributed by atoms with van der Waals surface area (Å²) in [6.07, 6.45) is 0. The number of fused-ring (bicyclic) bond motifs is 1. The summed E-state index contributed by atoms with van der Waals surface area (Å²) >= 11 is 12.5. The van der Waals surface area contributed by atoms with Gasteiger partial charge in [-0.05, 0) is 18.2 Å². The summed E-state index contributed by atoms with van der Waals surface area (Å²) in [6, 6.07) is 19.7. The van der Waals surface area contributed by atoms with Crippen LogP contribution in [0, 0.1) is 0 Å². The number of benzene rings is 3. The van der Waals surface area contributed by atoms with Crippen molar-refractivity contribution in [2.45, 2.75) is 0 Å². The average molecular weight is 288 g/mol. The van der Waals surface area contributed by atoms with E-state index in [0.717, 1.165) is 22.1 Å². The smallest absolute Gasteiger partial charge is 0.0662 e. The van der Waals surface area contributed by atoms with E-state index in [-0.39, 0.29) is 0 Å². The summed E-state index contributed by atoms with van der Waals surface area (Å²) in [4.78, 5) is 0. The molecular formula is C16H11Cl2N. The van der Waals surface area contributed by atoms with E-state index in [0.29, 0.717) is 10.0 Å². The summed E-state index contributed by atoms with van der Waals surface area (Å²) in [6.45, 7) is 0. The van der Waals surface area contributed by atoms with Gasteiger partial charge in [0.1, 0.15) is 0 Å². The molecule has 0 saturated carbocycles. The number of para-hydroxylation sites is 1. The summed E-state index contributed by atoms with van der Waals surface area (Å²) in [5.74, 6) is 0. The number of nitrogens with one attached hydrogen (secondary N) is 1. The lowest BCUT2D eigenvalue weighted by Gasteiger charge is -2.13. The molecule has 0 bridgehead atoms. The van der Waals surface area contributed by atoms with Gasteiger partial charge in [0.05, 0.1) is 15.7 Å². The van der Waals surface area contributed by atoms with Crippen molar-refractivity contribution in [3.05, 3.63) is 70.7 Å². The number of hydrogen-bond acceptors (Lipinski definition) is 1. The average Bonchev–Trinajstić information content (AvgIpc) is 2.45. The molecule has 19 heavy (non-hydrogen) atoms. The summed E-state index contributed by atoms with van der Waals surface area (Å²) < 4.78 is 0. The van der Waals surface area contributed by atoms with Crippen LogP contribution in [-0.2, 0) is 0 Å². The van der Waals surface area contributed by atoms with Gasteiger partial charge >= 0.3 is 0 Å². The van der Waals surface area contributed by atoms with Crippen molar-refractivity contribution in [3.63, 3.8) is 0 Å². The molecular weight excluding hydrogens is 277 g/mol. The first-order chi connectivity index (χ1) is 9.25. The van der Waals surface area contributed by atoms with Gasteiger partial charge in [0.15, 0.2) is 0 Å². The predicted octanol–water partition coefficient (Wildman–Crippen LogP) is 5.89. The van der Waals surface area contributed by atoms with E-state index in [2.05, 4.69) is 5.32 Å². The van der Waals surface area contributed by atoms with Gasteiger partial charge in [0.25, 0.3) is 0 Å². The van der Waals surface area contributed by atoms with Crippen LogP contribution in [0.5, 0.6) is 0 Å². The van der Waals surface area contributed by atoms with E-state index < -0.39 is 0 Å². The van der Waals surface area contributed by atoms with Gasteiger partial charge < -0.3 is 5.32 Å². The van der Waals surface area contributed by atoms with Crippen molar-refractivity contribution in [3.8, 4) is 0 Å². The van der Waals surface area contributed by atoms with Crippen molar-refractivity contribution < 1.29 is 0 Å². The van der Waals surface area contributed by atoms with Crippen LogP contribution in [0.4, 0.5) is 11.4 Å². The highest BCUT2D eigenvalue weighted by atomic mass is 35.5. The minimum atomic E-state index is 0.618. The van der Waals surface area contributed by atoms with Crippen molar-refractivity contribution in [1.82, 2.24) is 0 Å². The molecule has 1 nitrogen and oxygen atoms in total. The molecule has 3 aromatic rings. The molecule has 0 aliphatic carbocycles. The molecule has 3 rings (SSSR count). The fraction of sp³-hybridized carbons (Fsp3) is 0. The minimum Gasteiger partial charge on any atom is -0.354 e. The second kappa shape index (κ2) is 5.12. The first kappa shape index (κ1) is 12.3. The Morgan fingerprint density at radius 2 is 1.32 bits per heavy atom. The Labute approximate surface area is 121 Å². The lowest BCUT2D eigenvalue weighted by atomic mass is 10.1. The summed E-state index contributed by atoms with van der Waals surface area (Å²) in [7, 11) is 0. The van der Waals surface area contributed by atoms with Crippen LogP contribution in [0.2, 0.25) is 10.0 Å². The summed E-state index contributed by atoms with van der Waals surface area (Å²) in [5.41, 5.74) is 1.88. The van der Waals surface area contributed by atoms with Gasteiger partial charge in [-0.25, -0.2) is 0 Å². The summed E-state index contributed by atoms with van der Waals surface area (Å²) in [5, 5.41) is 6.65. The quantitative estimate of drug-likeness (QED) is 0.620. The second-order valence-electron chi connectivity index (χ2n) is 4.25. The van der Waals surface area contributed by atoms with Crippen molar-refractivity contribution in [2.24, 2.45) is 0 Å². The Hall–Kier alpha value is -1.70. The van der Waals surface area contributed by atoms with Gasteiger partial charge in [-0.2, -0.15) is 0 Å². The Kier molecular flexibility index (Phi) is 3.33. The maximum absolute atomic E-state index is 6.31.